The van der Waals surface area contributed by atoms with Gasteiger partial charge in [-0.25, -0.2) is 0 Å². The number of nitro groups is 1. The molecule has 0 aliphatic carbocycles. The van der Waals surface area contributed by atoms with E-state index in [1.165, 1.54) is 178 Å². The lowest BCUT2D eigenvalue weighted by Crippen LogP contribution is -2.21. The maximum absolute atomic E-state index is 13.4. The molecule has 0 radical (unpaired) electrons. The molecule has 1 rings (SSSR count). The molecular weight excluding hydrogens is 592 g/mol. The van der Waals surface area contributed by atoms with Gasteiger partial charge in [0.1, 0.15) is 5.56 Å². The number of benzene rings is 1. The first-order valence-corrected chi connectivity index (χ1v) is 20.5. The number of rotatable bonds is 34. The smallest absolute Gasteiger partial charge is 0.282 e. The van der Waals surface area contributed by atoms with Crippen molar-refractivity contribution in [2.24, 2.45) is 0 Å². The van der Waals surface area contributed by atoms with Crippen LogP contribution in [0.1, 0.15) is 217 Å². The number of nitrogens with zero attached hydrogens (tertiary/aromatic N) is 2. The van der Waals surface area contributed by atoms with Gasteiger partial charge in [0.05, 0.1) is 4.92 Å². The molecule has 1 aromatic carbocycles. The summed E-state index contributed by atoms with van der Waals surface area (Å²) < 4.78 is 0. The third-order valence-electron chi connectivity index (χ3n) is 9.55. The van der Waals surface area contributed by atoms with Gasteiger partial charge in [0.25, 0.3) is 11.6 Å². The Hall–Kier alpha value is -2.43. The summed E-state index contributed by atoms with van der Waals surface area (Å²) in [6, 6.07) is 6.25. The molecule has 0 heterocycles. The Bertz CT molecular complexity index is 915. The predicted octanol–water partition coefficient (Wildman–Crippen LogP) is 14.8. The predicted molar refractivity (Wildman–Crippen MR) is 207 cm³/mol. The molecule has 0 aromatic heterocycles. The molecule has 0 atom stereocenters. The molecule has 0 unspecified atom stereocenters. The largest absolute Gasteiger partial charge is 0.291 e. The van der Waals surface area contributed by atoms with Gasteiger partial charge in [-0.05, 0) is 31.7 Å². The number of carbonyl (C=O) groups excluding carboxylic acids is 1. The molecule has 1 aromatic rings. The number of para-hydroxylation sites is 1. The first-order valence-electron chi connectivity index (χ1n) is 20.5. The van der Waals surface area contributed by atoms with Crippen LogP contribution in [0.4, 0.5) is 5.69 Å². The zero-order chi connectivity index (χ0) is 34.8. The molecule has 0 aliphatic heterocycles. The number of hydrogen-bond donors (Lipinski definition) is 0. The molecule has 5 heteroatoms. The maximum Gasteiger partial charge on any atom is 0.282 e. The van der Waals surface area contributed by atoms with E-state index in [-0.39, 0.29) is 17.2 Å². The monoisotopic (exact) mass is 667 g/mol. The topological polar surface area (TPSA) is 63.5 Å². The van der Waals surface area contributed by atoms with Crippen molar-refractivity contribution in [2.45, 2.75) is 206 Å². The van der Waals surface area contributed by atoms with E-state index in [1.807, 2.05) is 24.6 Å². The minimum atomic E-state index is -0.470. The minimum Gasteiger partial charge on any atom is -0.291 e. The van der Waals surface area contributed by atoms with Crippen LogP contribution in [0.25, 0.3) is 0 Å². The highest BCUT2D eigenvalue weighted by Gasteiger charge is 2.22. The number of nitro benzene ring substituents is 1. The number of allylic oxidation sites excluding steroid dienone is 2. The summed E-state index contributed by atoms with van der Waals surface area (Å²) in [6.07, 6.45) is 47.0. The Morgan fingerprint density at radius 3 is 1.19 bits per heavy atom. The van der Waals surface area contributed by atoms with Crippen molar-refractivity contribution in [2.75, 3.05) is 0 Å². The molecule has 0 saturated carbocycles. The summed E-state index contributed by atoms with van der Waals surface area (Å²) in [6.45, 7) is 4.55. The number of carbonyl (C=O) groups is 1. The van der Waals surface area contributed by atoms with Gasteiger partial charge < -0.3 is 0 Å². The zero-order valence-corrected chi connectivity index (χ0v) is 31.5. The fourth-order valence-corrected chi connectivity index (χ4v) is 6.43. The maximum atomic E-state index is 13.4. The molecule has 5 nitrogen and oxygen atoms in total. The minimum absolute atomic E-state index is 0.129. The van der Waals surface area contributed by atoms with Crippen LogP contribution in [-0.2, 0) is 0 Å². The van der Waals surface area contributed by atoms with Gasteiger partial charge in [-0.3, -0.25) is 19.8 Å². The molecule has 1 amide bonds. The van der Waals surface area contributed by atoms with Crippen molar-refractivity contribution in [3.8, 4) is 0 Å². The first-order chi connectivity index (χ1) is 23.6. The average Bonchev–Trinajstić information content (AvgIpc) is 3.10. The summed E-state index contributed by atoms with van der Waals surface area (Å²) in [5.74, 6) is -0.350. The summed E-state index contributed by atoms with van der Waals surface area (Å²) in [5.41, 5.74) is -0.0157. The van der Waals surface area contributed by atoms with Crippen LogP contribution in [0.3, 0.4) is 0 Å². The first kappa shape index (κ1) is 43.6. The molecule has 0 bridgehead atoms. The van der Waals surface area contributed by atoms with Crippen LogP contribution in [0.5, 0.6) is 0 Å². The van der Waals surface area contributed by atoms with Crippen LogP contribution >= 0.6 is 0 Å². The van der Waals surface area contributed by atoms with Crippen molar-refractivity contribution in [3.05, 3.63) is 64.5 Å². The van der Waals surface area contributed by atoms with Crippen LogP contribution in [0.2, 0.25) is 0 Å². The van der Waals surface area contributed by atoms with E-state index in [0.29, 0.717) is 0 Å². The lowest BCUT2D eigenvalue weighted by molar-refractivity contribution is -0.385. The molecule has 0 aliphatic rings. The van der Waals surface area contributed by atoms with Crippen LogP contribution in [-0.4, -0.2) is 15.7 Å². The quantitative estimate of drug-likeness (QED) is 0.0418. The Kier molecular flexibility index (Phi) is 30.0. The Labute approximate surface area is 296 Å². The van der Waals surface area contributed by atoms with E-state index in [1.54, 1.807) is 18.2 Å². The second-order valence-corrected chi connectivity index (χ2v) is 14.0. The fraction of sp³-hybridized carbons (Fsp3) is 0.744. The second-order valence-electron chi connectivity index (χ2n) is 14.0. The van der Waals surface area contributed by atoms with Crippen LogP contribution < -0.4 is 0 Å². The standard InChI is InChI=1S/C43H74N2O3/c1-3-5-7-9-11-13-15-17-19-21-23-25-27-29-31-35-39-44(43(46)41-37-33-34-38-42(41)45(47)48)40-36-32-30-28-26-24-22-20-18-16-14-12-10-8-6-4-2/h33-40H,3-32H2,1-2H3. The van der Waals surface area contributed by atoms with E-state index in [4.69, 9.17) is 0 Å². The SMILES string of the molecule is CCCCCCCCCCCCCCCCC=CN(C=CCCCCCCCCCCCCCCCC)C(=O)c1ccccc1[N+](=O)[O-]. The second kappa shape index (κ2) is 33.1. The lowest BCUT2D eigenvalue weighted by Gasteiger charge is -2.14. The normalized spacial score (nSPS) is 11.6. The van der Waals surface area contributed by atoms with Crippen molar-refractivity contribution in [3.63, 3.8) is 0 Å². The highest BCUT2D eigenvalue weighted by molar-refractivity contribution is 5.99. The fourth-order valence-electron chi connectivity index (χ4n) is 6.43. The summed E-state index contributed by atoms with van der Waals surface area (Å²) in [7, 11) is 0. The van der Waals surface area contributed by atoms with Crippen LogP contribution in [0, 0.1) is 10.1 Å². The van der Waals surface area contributed by atoms with Gasteiger partial charge in [0, 0.05) is 18.5 Å². The highest BCUT2D eigenvalue weighted by Crippen LogP contribution is 2.21. The molecule has 0 N–H and O–H groups in total. The lowest BCUT2D eigenvalue weighted by atomic mass is 10.0. The van der Waals surface area contributed by atoms with Gasteiger partial charge in [-0.15, -0.1) is 0 Å². The molecule has 0 saturated heterocycles. The van der Waals surface area contributed by atoms with Crippen molar-refractivity contribution in [1.82, 2.24) is 4.90 Å². The van der Waals surface area contributed by atoms with E-state index >= 15 is 0 Å². The molecular formula is C43H74N2O3. The number of amides is 1. The van der Waals surface area contributed by atoms with Gasteiger partial charge in [-0.2, -0.15) is 0 Å². The van der Waals surface area contributed by atoms with Crippen molar-refractivity contribution >= 4 is 11.6 Å². The van der Waals surface area contributed by atoms with Gasteiger partial charge in [0.2, 0.25) is 0 Å². The Balaban J connectivity index is 2.31. The van der Waals surface area contributed by atoms with Crippen molar-refractivity contribution < 1.29 is 9.72 Å². The summed E-state index contributed by atoms with van der Waals surface area (Å²) in [4.78, 5) is 26.0. The molecule has 0 spiro atoms. The molecule has 274 valence electrons. The van der Waals surface area contributed by atoms with Gasteiger partial charge >= 0.3 is 0 Å². The summed E-state index contributed by atoms with van der Waals surface area (Å²) >= 11 is 0. The molecule has 0 fully saturated rings. The van der Waals surface area contributed by atoms with Crippen LogP contribution in [0.15, 0.2) is 48.8 Å². The Morgan fingerprint density at radius 2 is 0.854 bits per heavy atom. The van der Waals surface area contributed by atoms with E-state index in [9.17, 15) is 14.9 Å². The third-order valence-corrected chi connectivity index (χ3v) is 9.55. The van der Waals surface area contributed by atoms with E-state index in [0.717, 1.165) is 25.7 Å². The van der Waals surface area contributed by atoms with E-state index < -0.39 is 4.92 Å². The summed E-state index contributed by atoms with van der Waals surface area (Å²) in [5, 5.41) is 11.6. The number of hydrogen-bond acceptors (Lipinski definition) is 3. The third kappa shape index (κ3) is 24.7. The molecule has 48 heavy (non-hydrogen) atoms. The zero-order valence-electron chi connectivity index (χ0n) is 31.5. The van der Waals surface area contributed by atoms with Gasteiger partial charge in [0.15, 0.2) is 0 Å². The average molecular weight is 667 g/mol. The van der Waals surface area contributed by atoms with Crippen molar-refractivity contribution in [1.29, 1.82) is 0 Å². The van der Waals surface area contributed by atoms with E-state index in [2.05, 4.69) is 13.8 Å². The van der Waals surface area contributed by atoms with Gasteiger partial charge in [-0.1, -0.05) is 205 Å². The highest BCUT2D eigenvalue weighted by atomic mass is 16.6. The number of unbranched alkanes of at least 4 members (excludes halogenated alkanes) is 28. The Morgan fingerprint density at radius 1 is 0.542 bits per heavy atom.